The van der Waals surface area contributed by atoms with Crippen LogP contribution in [0.4, 0.5) is 0 Å². The van der Waals surface area contributed by atoms with Crippen molar-refractivity contribution >= 4 is 10.9 Å². The first kappa shape index (κ1) is 15.8. The summed E-state index contributed by atoms with van der Waals surface area (Å²) >= 11 is 0. The van der Waals surface area contributed by atoms with Gasteiger partial charge in [0.1, 0.15) is 17.1 Å². The molecule has 0 aliphatic rings. The van der Waals surface area contributed by atoms with Crippen molar-refractivity contribution in [1.82, 2.24) is 14.5 Å². The Kier molecular flexibility index (Phi) is 3.65. The van der Waals surface area contributed by atoms with Gasteiger partial charge in [0.25, 0.3) is 11.1 Å². The molecule has 0 saturated carbocycles. The van der Waals surface area contributed by atoms with Crippen LogP contribution in [0.5, 0.6) is 5.75 Å². The fourth-order valence-corrected chi connectivity index (χ4v) is 3.03. The van der Waals surface area contributed by atoms with E-state index in [1.807, 2.05) is 18.2 Å². The first-order valence-corrected chi connectivity index (χ1v) is 8.04. The lowest BCUT2D eigenvalue weighted by Gasteiger charge is -2.12. The number of hydrogen-bond donors (Lipinski definition) is 2. The van der Waals surface area contributed by atoms with Gasteiger partial charge in [0.05, 0.1) is 11.2 Å². The molecule has 0 aliphatic carbocycles. The molecule has 26 heavy (non-hydrogen) atoms. The summed E-state index contributed by atoms with van der Waals surface area (Å²) in [6, 6.07) is 17.4. The number of aromatic hydroxyl groups is 1. The molecule has 0 aliphatic heterocycles. The van der Waals surface area contributed by atoms with E-state index in [1.165, 1.54) is 10.6 Å². The Bertz CT molecular complexity index is 1240. The van der Waals surface area contributed by atoms with Crippen molar-refractivity contribution in [3.63, 3.8) is 0 Å². The van der Waals surface area contributed by atoms with Crippen molar-refractivity contribution in [2.24, 2.45) is 7.05 Å². The topological polar surface area (TPSA) is 88.0 Å². The highest BCUT2D eigenvalue weighted by Crippen LogP contribution is 2.31. The highest BCUT2D eigenvalue weighted by atomic mass is 16.3. The van der Waals surface area contributed by atoms with Gasteiger partial charge >= 0.3 is 0 Å². The number of rotatable bonds is 2. The quantitative estimate of drug-likeness (QED) is 0.585. The normalized spacial score (nSPS) is 11.0. The van der Waals surface area contributed by atoms with Crippen molar-refractivity contribution < 1.29 is 5.11 Å². The molecule has 2 aromatic carbocycles. The zero-order chi connectivity index (χ0) is 18.3. The standard InChI is InChI=1S/C20H15N3O3/c1-23-15-10-6-5-9-13(15)18(25)17(20(23)26)14-11-16(24)22-19(21-14)12-7-3-2-4-8-12/h2-11,25H,1H3,(H,21,22,24). The maximum atomic E-state index is 12.8. The smallest absolute Gasteiger partial charge is 0.264 e. The molecule has 4 aromatic rings. The summed E-state index contributed by atoms with van der Waals surface area (Å²) in [6.45, 7) is 0. The predicted molar refractivity (Wildman–Crippen MR) is 100 cm³/mol. The van der Waals surface area contributed by atoms with Crippen LogP contribution in [0, 0.1) is 0 Å². The Morgan fingerprint density at radius 2 is 1.69 bits per heavy atom. The minimum atomic E-state index is -0.418. The molecular weight excluding hydrogens is 330 g/mol. The molecule has 128 valence electrons. The Balaban J connectivity index is 2.04. The van der Waals surface area contributed by atoms with Crippen molar-refractivity contribution in [1.29, 1.82) is 0 Å². The zero-order valence-electron chi connectivity index (χ0n) is 13.9. The van der Waals surface area contributed by atoms with Gasteiger partial charge in [-0.2, -0.15) is 0 Å². The molecule has 0 spiro atoms. The second kappa shape index (κ2) is 6.00. The van der Waals surface area contributed by atoms with Crippen LogP contribution in [0.2, 0.25) is 0 Å². The zero-order valence-corrected chi connectivity index (χ0v) is 13.9. The van der Waals surface area contributed by atoms with E-state index >= 15 is 0 Å². The SMILES string of the molecule is Cn1c(=O)c(-c2cc(=O)[nH]c(-c3ccccc3)n2)c(O)c2ccccc21. The summed E-state index contributed by atoms with van der Waals surface area (Å²) in [4.78, 5) is 32.0. The Hall–Kier alpha value is -3.67. The number of nitrogens with zero attached hydrogens (tertiary/aromatic N) is 2. The van der Waals surface area contributed by atoms with E-state index < -0.39 is 11.1 Å². The number of pyridine rings is 1. The number of aromatic amines is 1. The van der Waals surface area contributed by atoms with Gasteiger partial charge < -0.3 is 14.7 Å². The number of aryl methyl sites for hydroxylation is 1. The lowest BCUT2D eigenvalue weighted by atomic mass is 10.1. The lowest BCUT2D eigenvalue weighted by molar-refractivity contribution is 0.481. The number of hydrogen-bond acceptors (Lipinski definition) is 4. The molecule has 0 bridgehead atoms. The molecule has 0 radical (unpaired) electrons. The van der Waals surface area contributed by atoms with E-state index in [-0.39, 0.29) is 17.0 Å². The molecule has 2 heterocycles. The average Bonchev–Trinajstić information content (AvgIpc) is 2.67. The van der Waals surface area contributed by atoms with Crippen LogP contribution < -0.4 is 11.1 Å². The largest absolute Gasteiger partial charge is 0.506 e. The van der Waals surface area contributed by atoms with Gasteiger partial charge in [0.15, 0.2) is 0 Å². The third-order valence-electron chi connectivity index (χ3n) is 4.32. The summed E-state index contributed by atoms with van der Waals surface area (Å²) < 4.78 is 1.44. The van der Waals surface area contributed by atoms with Crippen LogP contribution in [0.15, 0.2) is 70.3 Å². The summed E-state index contributed by atoms with van der Waals surface area (Å²) in [5, 5.41) is 11.2. The number of aromatic nitrogens is 3. The van der Waals surface area contributed by atoms with Crippen molar-refractivity contribution in [3.05, 3.63) is 81.4 Å². The maximum absolute atomic E-state index is 12.8. The average molecular weight is 345 g/mol. The fourth-order valence-electron chi connectivity index (χ4n) is 3.03. The lowest BCUT2D eigenvalue weighted by Crippen LogP contribution is -2.21. The highest BCUT2D eigenvalue weighted by Gasteiger charge is 2.18. The minimum absolute atomic E-state index is 0.00878. The van der Waals surface area contributed by atoms with Crippen molar-refractivity contribution in [2.45, 2.75) is 0 Å². The summed E-state index contributed by atoms with van der Waals surface area (Å²) in [6.07, 6.45) is 0. The number of nitrogens with one attached hydrogen (secondary N) is 1. The van der Waals surface area contributed by atoms with Gasteiger partial charge in [-0.25, -0.2) is 4.98 Å². The number of fused-ring (bicyclic) bond motifs is 1. The number of benzene rings is 2. The van der Waals surface area contributed by atoms with Gasteiger partial charge in [0, 0.05) is 24.1 Å². The second-order valence-corrected chi connectivity index (χ2v) is 5.95. The van der Waals surface area contributed by atoms with E-state index in [0.717, 1.165) is 0 Å². The monoisotopic (exact) mass is 345 g/mol. The first-order valence-electron chi connectivity index (χ1n) is 8.04. The second-order valence-electron chi connectivity index (χ2n) is 5.95. The third kappa shape index (κ3) is 2.48. The third-order valence-corrected chi connectivity index (χ3v) is 4.32. The molecule has 0 fully saturated rings. The van der Waals surface area contributed by atoms with E-state index in [1.54, 1.807) is 43.4 Å². The van der Waals surface area contributed by atoms with Crippen molar-refractivity contribution in [3.8, 4) is 28.4 Å². The molecule has 0 atom stereocenters. The molecule has 2 aromatic heterocycles. The van der Waals surface area contributed by atoms with Crippen molar-refractivity contribution in [2.75, 3.05) is 0 Å². The Morgan fingerprint density at radius 1 is 1.00 bits per heavy atom. The molecule has 6 heteroatoms. The molecule has 4 rings (SSSR count). The van der Waals surface area contributed by atoms with Crippen LogP contribution in [0.1, 0.15) is 0 Å². The van der Waals surface area contributed by atoms with Crippen LogP contribution >= 0.6 is 0 Å². The maximum Gasteiger partial charge on any atom is 0.264 e. The van der Waals surface area contributed by atoms with Gasteiger partial charge in [-0.05, 0) is 12.1 Å². The number of para-hydroxylation sites is 1. The molecule has 0 saturated heterocycles. The summed E-state index contributed by atoms with van der Waals surface area (Å²) in [5.41, 5.74) is 0.642. The van der Waals surface area contributed by atoms with Crippen LogP contribution in [0.25, 0.3) is 33.5 Å². The van der Waals surface area contributed by atoms with Crippen LogP contribution in [0.3, 0.4) is 0 Å². The van der Waals surface area contributed by atoms with Gasteiger partial charge in [-0.15, -0.1) is 0 Å². The molecule has 0 unspecified atom stereocenters. The Morgan fingerprint density at radius 3 is 2.46 bits per heavy atom. The van der Waals surface area contributed by atoms with E-state index in [0.29, 0.717) is 22.3 Å². The van der Waals surface area contributed by atoms with Gasteiger partial charge in [-0.3, -0.25) is 9.59 Å². The summed E-state index contributed by atoms with van der Waals surface area (Å²) in [5.74, 6) is 0.156. The minimum Gasteiger partial charge on any atom is -0.506 e. The molecule has 6 nitrogen and oxygen atoms in total. The molecule has 2 N–H and O–H groups in total. The van der Waals surface area contributed by atoms with E-state index in [2.05, 4.69) is 9.97 Å². The molecular formula is C20H15N3O3. The predicted octanol–water partition coefficient (Wildman–Crippen LogP) is 2.66. The first-order chi connectivity index (χ1) is 12.6. The number of H-pyrrole nitrogens is 1. The van der Waals surface area contributed by atoms with E-state index in [4.69, 9.17) is 0 Å². The van der Waals surface area contributed by atoms with Crippen LogP contribution in [-0.4, -0.2) is 19.6 Å². The fraction of sp³-hybridized carbons (Fsp3) is 0.0500. The van der Waals surface area contributed by atoms with E-state index in [9.17, 15) is 14.7 Å². The van der Waals surface area contributed by atoms with Crippen LogP contribution in [-0.2, 0) is 7.05 Å². The van der Waals surface area contributed by atoms with Gasteiger partial charge in [0.2, 0.25) is 0 Å². The molecule has 0 amide bonds. The van der Waals surface area contributed by atoms with Gasteiger partial charge in [-0.1, -0.05) is 42.5 Å². The highest BCUT2D eigenvalue weighted by molar-refractivity contribution is 5.91. The summed E-state index contributed by atoms with van der Waals surface area (Å²) in [7, 11) is 1.62. The Labute approximate surface area is 148 Å².